The smallest absolute Gasteiger partial charge is 0.0831 e. The molecule has 0 unspecified atom stereocenters. The van der Waals surface area contributed by atoms with Crippen LogP contribution in [0.25, 0.3) is 0 Å². The van der Waals surface area contributed by atoms with E-state index in [9.17, 15) is 5.11 Å². The van der Waals surface area contributed by atoms with Crippen LogP contribution < -0.4 is 5.19 Å². The van der Waals surface area contributed by atoms with E-state index in [0.29, 0.717) is 6.61 Å². The molecule has 1 N–H and O–H groups in total. The second kappa shape index (κ2) is 7.22. The van der Waals surface area contributed by atoms with E-state index in [1.54, 1.807) is 0 Å². The van der Waals surface area contributed by atoms with Crippen LogP contribution in [0.1, 0.15) is 18.4 Å². The van der Waals surface area contributed by atoms with Crippen molar-refractivity contribution in [1.29, 1.82) is 0 Å². The van der Waals surface area contributed by atoms with Crippen LogP contribution in [0.15, 0.2) is 60.7 Å². The Balaban J connectivity index is 1.71. The predicted octanol–water partition coefficient (Wildman–Crippen LogP) is 3.78. The topological polar surface area (TPSA) is 29.5 Å². The van der Waals surface area contributed by atoms with Crippen molar-refractivity contribution < 1.29 is 9.84 Å². The summed E-state index contributed by atoms with van der Waals surface area (Å²) in [6.45, 7) is 7.54. The molecule has 3 rings (SSSR count). The quantitative estimate of drug-likeness (QED) is 0.858. The average molecular weight is 341 g/mol. The molecule has 2 aromatic carbocycles. The van der Waals surface area contributed by atoms with Crippen molar-refractivity contribution in [1.82, 2.24) is 0 Å². The van der Waals surface area contributed by atoms with Crippen LogP contribution in [0, 0.1) is 5.92 Å². The van der Waals surface area contributed by atoms with Gasteiger partial charge in [-0.15, -0.1) is 0 Å². The molecule has 0 bridgehead atoms. The highest BCUT2D eigenvalue weighted by atomic mass is 28.3. The summed E-state index contributed by atoms with van der Waals surface area (Å²) in [6.07, 6.45) is -0.200. The van der Waals surface area contributed by atoms with E-state index in [1.165, 1.54) is 10.8 Å². The Hall–Kier alpha value is -1.42. The van der Waals surface area contributed by atoms with Gasteiger partial charge in [0.15, 0.2) is 0 Å². The van der Waals surface area contributed by atoms with Gasteiger partial charge in [-0.2, -0.15) is 0 Å². The summed E-state index contributed by atoms with van der Waals surface area (Å²) in [6, 6.07) is 22.1. The molecule has 1 fully saturated rings. The molecule has 3 heteroatoms. The third-order valence-electron chi connectivity index (χ3n) is 5.52. The fourth-order valence-corrected chi connectivity index (χ4v) is 6.64. The minimum absolute atomic E-state index is 0.0824. The summed E-state index contributed by atoms with van der Waals surface area (Å²) in [4.78, 5) is 0. The highest BCUT2D eigenvalue weighted by Gasteiger charge is 2.40. The maximum absolute atomic E-state index is 10.9. The monoisotopic (exact) mass is 340 g/mol. The van der Waals surface area contributed by atoms with E-state index in [1.807, 2.05) is 18.2 Å². The van der Waals surface area contributed by atoms with Crippen molar-refractivity contribution >= 4 is 13.3 Å². The van der Waals surface area contributed by atoms with E-state index >= 15 is 0 Å². The number of benzene rings is 2. The summed E-state index contributed by atoms with van der Waals surface area (Å²) < 4.78 is 6.26. The normalized spacial score (nSPS) is 27.8. The Morgan fingerprint density at radius 1 is 1.00 bits per heavy atom. The number of hydrogen-bond donors (Lipinski definition) is 1. The van der Waals surface area contributed by atoms with Gasteiger partial charge in [0.05, 0.1) is 26.9 Å². The summed E-state index contributed by atoms with van der Waals surface area (Å²) >= 11 is 0. The van der Waals surface area contributed by atoms with Gasteiger partial charge in [0.2, 0.25) is 0 Å². The Labute approximate surface area is 146 Å². The van der Waals surface area contributed by atoms with Crippen LogP contribution in [0.5, 0.6) is 0 Å². The van der Waals surface area contributed by atoms with Crippen molar-refractivity contribution in [2.45, 2.75) is 44.2 Å². The summed E-state index contributed by atoms with van der Waals surface area (Å²) in [7, 11) is -1.58. The van der Waals surface area contributed by atoms with E-state index in [-0.39, 0.29) is 24.0 Å². The summed E-state index contributed by atoms with van der Waals surface area (Å²) in [5, 5.41) is 12.3. The molecule has 1 heterocycles. The lowest BCUT2D eigenvalue weighted by atomic mass is 9.82. The fraction of sp³-hybridized carbons (Fsp3) is 0.429. The first-order valence-corrected chi connectivity index (χ1v) is 12.1. The molecule has 0 radical (unpaired) electrons. The van der Waals surface area contributed by atoms with Crippen LogP contribution in [-0.4, -0.2) is 32.0 Å². The second-order valence-corrected chi connectivity index (χ2v) is 12.4. The van der Waals surface area contributed by atoms with Gasteiger partial charge in [-0.3, -0.25) is 0 Å². The lowest BCUT2D eigenvalue weighted by Gasteiger charge is -2.41. The SMILES string of the molecule is C[C@H]1[C@@H](O)[C@H](c2ccccc2)CO[C@H]1C[Si](C)(C)c1ccccc1. The largest absolute Gasteiger partial charge is 0.392 e. The van der Waals surface area contributed by atoms with Crippen molar-refractivity contribution in [3.63, 3.8) is 0 Å². The van der Waals surface area contributed by atoms with Crippen LogP contribution >= 0.6 is 0 Å². The van der Waals surface area contributed by atoms with Crippen molar-refractivity contribution in [3.8, 4) is 0 Å². The molecule has 0 aliphatic carbocycles. The van der Waals surface area contributed by atoms with Crippen molar-refractivity contribution in [2.24, 2.45) is 5.92 Å². The van der Waals surface area contributed by atoms with Crippen molar-refractivity contribution in [3.05, 3.63) is 66.2 Å². The van der Waals surface area contributed by atoms with Gasteiger partial charge in [-0.25, -0.2) is 0 Å². The number of aliphatic hydroxyl groups excluding tert-OH is 1. The molecule has 2 nitrogen and oxygen atoms in total. The maximum Gasteiger partial charge on any atom is 0.0831 e. The van der Waals surface area contributed by atoms with Crippen LogP contribution in [0.3, 0.4) is 0 Å². The number of hydrogen-bond acceptors (Lipinski definition) is 2. The standard InChI is InChI=1S/C21H28O2Si/c1-16-20(15-24(2,3)18-12-8-5-9-13-18)23-14-19(21(16)22)17-10-6-4-7-11-17/h4-13,16,19-22H,14-15H2,1-3H3/t16-,19+,20+,21-/m1/s1. The molecule has 1 aliphatic rings. The third-order valence-corrected chi connectivity index (χ3v) is 8.84. The number of rotatable bonds is 4. The van der Waals surface area contributed by atoms with Crippen molar-refractivity contribution in [2.75, 3.05) is 6.61 Å². The molecule has 2 aromatic rings. The predicted molar refractivity (Wildman–Crippen MR) is 102 cm³/mol. The first-order chi connectivity index (χ1) is 11.5. The van der Waals surface area contributed by atoms with Gasteiger partial charge in [-0.05, 0) is 11.6 Å². The summed E-state index contributed by atoms with van der Waals surface area (Å²) in [5.41, 5.74) is 1.18. The van der Waals surface area contributed by atoms with Gasteiger partial charge in [0.25, 0.3) is 0 Å². The Morgan fingerprint density at radius 3 is 2.21 bits per heavy atom. The van der Waals surface area contributed by atoms with Crippen LogP contribution in [0.2, 0.25) is 19.1 Å². The van der Waals surface area contributed by atoms with E-state index < -0.39 is 8.07 Å². The maximum atomic E-state index is 10.9. The number of aliphatic hydroxyl groups is 1. The minimum Gasteiger partial charge on any atom is -0.392 e. The molecule has 4 atom stereocenters. The zero-order chi connectivity index (χ0) is 17.2. The first-order valence-electron chi connectivity index (χ1n) is 8.89. The highest BCUT2D eigenvalue weighted by molar-refractivity contribution is 6.89. The summed E-state index contributed by atoms with van der Waals surface area (Å²) in [5.74, 6) is 0.235. The Kier molecular flexibility index (Phi) is 5.23. The molecular formula is C21H28O2Si. The second-order valence-electron chi connectivity index (χ2n) is 7.69. The van der Waals surface area contributed by atoms with Gasteiger partial charge < -0.3 is 9.84 Å². The molecular weight excluding hydrogens is 312 g/mol. The molecule has 0 spiro atoms. The van der Waals surface area contributed by atoms with E-state index in [2.05, 4.69) is 62.5 Å². The minimum atomic E-state index is -1.58. The van der Waals surface area contributed by atoms with Gasteiger partial charge in [-0.1, -0.05) is 85.9 Å². The zero-order valence-corrected chi connectivity index (χ0v) is 15.9. The molecule has 24 heavy (non-hydrogen) atoms. The lowest BCUT2D eigenvalue weighted by Crippen LogP contribution is -2.50. The highest BCUT2D eigenvalue weighted by Crippen LogP contribution is 2.35. The van der Waals surface area contributed by atoms with E-state index in [4.69, 9.17) is 4.74 Å². The van der Waals surface area contributed by atoms with Crippen LogP contribution in [-0.2, 0) is 4.74 Å². The van der Waals surface area contributed by atoms with Crippen LogP contribution in [0.4, 0.5) is 0 Å². The fourth-order valence-electron chi connectivity index (χ4n) is 3.81. The van der Waals surface area contributed by atoms with Gasteiger partial charge in [0.1, 0.15) is 0 Å². The number of ether oxygens (including phenoxy) is 1. The van der Waals surface area contributed by atoms with Gasteiger partial charge in [0, 0.05) is 11.8 Å². The lowest BCUT2D eigenvalue weighted by molar-refractivity contribution is -0.0919. The van der Waals surface area contributed by atoms with Gasteiger partial charge >= 0.3 is 0 Å². The molecule has 1 saturated heterocycles. The van der Waals surface area contributed by atoms with E-state index in [0.717, 1.165) is 6.04 Å². The zero-order valence-electron chi connectivity index (χ0n) is 14.9. The molecule has 128 valence electrons. The molecule has 0 aromatic heterocycles. The Bertz CT molecular complexity index is 641. The molecule has 0 saturated carbocycles. The molecule has 0 amide bonds. The average Bonchev–Trinajstić information content (AvgIpc) is 2.61. The third kappa shape index (κ3) is 3.64. The first kappa shape index (κ1) is 17.4. The molecule has 1 aliphatic heterocycles. The Morgan fingerprint density at radius 2 is 1.58 bits per heavy atom.